The van der Waals surface area contributed by atoms with E-state index >= 15 is 0 Å². The van der Waals surface area contributed by atoms with Gasteiger partial charge in [-0.05, 0) is 42.9 Å². The highest BCUT2D eigenvalue weighted by Gasteiger charge is 2.39. The molecule has 0 heterocycles. The van der Waals surface area contributed by atoms with Crippen LogP contribution in [-0.4, -0.2) is 11.7 Å². The number of rotatable bonds is 4. The summed E-state index contributed by atoms with van der Waals surface area (Å²) in [5, 5.41) is 8.89. The van der Waals surface area contributed by atoms with Gasteiger partial charge in [-0.15, -0.1) is 0 Å². The van der Waals surface area contributed by atoms with Crippen molar-refractivity contribution < 1.29 is 5.11 Å². The number of hydrogen-bond donors (Lipinski definition) is 1. The minimum absolute atomic E-state index is 0.155. The SMILES string of the molecule is C=C(CO)CCC1CCC(C)C1(C)C. The highest BCUT2D eigenvalue weighted by molar-refractivity contribution is 4.97. The maximum atomic E-state index is 8.89. The molecule has 0 aromatic carbocycles. The first kappa shape index (κ1) is 11.8. The molecule has 82 valence electrons. The van der Waals surface area contributed by atoms with Gasteiger partial charge in [-0.1, -0.05) is 32.9 Å². The molecule has 0 saturated heterocycles. The first-order valence-corrected chi connectivity index (χ1v) is 5.76. The second kappa shape index (κ2) is 4.48. The molecule has 0 radical (unpaired) electrons. The van der Waals surface area contributed by atoms with Crippen LogP contribution in [0.3, 0.4) is 0 Å². The molecule has 1 rings (SSSR count). The summed E-state index contributed by atoms with van der Waals surface area (Å²) in [6.45, 7) is 11.1. The van der Waals surface area contributed by atoms with Crippen LogP contribution in [0.4, 0.5) is 0 Å². The zero-order chi connectivity index (χ0) is 10.8. The second-order valence-electron chi connectivity index (χ2n) is 5.44. The molecule has 14 heavy (non-hydrogen) atoms. The van der Waals surface area contributed by atoms with Crippen molar-refractivity contribution in [1.29, 1.82) is 0 Å². The fourth-order valence-corrected chi connectivity index (χ4v) is 2.57. The van der Waals surface area contributed by atoms with E-state index in [-0.39, 0.29) is 6.61 Å². The van der Waals surface area contributed by atoms with Crippen LogP contribution < -0.4 is 0 Å². The minimum atomic E-state index is 0.155. The first-order chi connectivity index (χ1) is 6.48. The van der Waals surface area contributed by atoms with Gasteiger partial charge in [0.25, 0.3) is 0 Å². The zero-order valence-corrected chi connectivity index (χ0v) is 9.84. The van der Waals surface area contributed by atoms with E-state index in [1.807, 2.05) is 0 Å². The molecule has 0 bridgehead atoms. The summed E-state index contributed by atoms with van der Waals surface area (Å²) in [6, 6.07) is 0. The highest BCUT2D eigenvalue weighted by atomic mass is 16.3. The summed E-state index contributed by atoms with van der Waals surface area (Å²) < 4.78 is 0. The van der Waals surface area contributed by atoms with Crippen molar-refractivity contribution in [2.45, 2.75) is 46.5 Å². The van der Waals surface area contributed by atoms with Gasteiger partial charge in [0.05, 0.1) is 6.61 Å². The third-order valence-corrected chi connectivity index (χ3v) is 4.34. The molecule has 1 aliphatic carbocycles. The van der Waals surface area contributed by atoms with Crippen molar-refractivity contribution in [3.63, 3.8) is 0 Å². The van der Waals surface area contributed by atoms with Gasteiger partial charge in [0, 0.05) is 0 Å². The maximum absolute atomic E-state index is 8.89. The Kier molecular flexibility index (Phi) is 3.77. The Morgan fingerprint density at radius 3 is 2.50 bits per heavy atom. The first-order valence-electron chi connectivity index (χ1n) is 5.76. The molecule has 1 heteroatoms. The quantitative estimate of drug-likeness (QED) is 0.683. The van der Waals surface area contributed by atoms with Crippen LogP contribution in [-0.2, 0) is 0 Å². The monoisotopic (exact) mass is 196 g/mol. The molecule has 1 fully saturated rings. The normalized spacial score (nSPS) is 30.6. The van der Waals surface area contributed by atoms with Crippen LogP contribution in [0, 0.1) is 17.3 Å². The molecule has 1 N–H and O–H groups in total. The fraction of sp³-hybridized carbons (Fsp3) is 0.846. The smallest absolute Gasteiger partial charge is 0.0639 e. The minimum Gasteiger partial charge on any atom is -0.392 e. The number of aliphatic hydroxyl groups excluding tert-OH is 1. The molecule has 0 amide bonds. The predicted molar refractivity (Wildman–Crippen MR) is 61.1 cm³/mol. The van der Waals surface area contributed by atoms with E-state index in [1.165, 1.54) is 19.3 Å². The average molecular weight is 196 g/mol. The fourth-order valence-electron chi connectivity index (χ4n) is 2.57. The maximum Gasteiger partial charge on any atom is 0.0639 e. The largest absolute Gasteiger partial charge is 0.392 e. The van der Waals surface area contributed by atoms with Gasteiger partial charge in [0.1, 0.15) is 0 Å². The summed E-state index contributed by atoms with van der Waals surface area (Å²) in [6.07, 6.45) is 4.92. The van der Waals surface area contributed by atoms with Gasteiger partial charge < -0.3 is 5.11 Å². The molecule has 1 saturated carbocycles. The molecule has 2 atom stereocenters. The topological polar surface area (TPSA) is 20.2 Å². The summed E-state index contributed by atoms with van der Waals surface area (Å²) in [5.74, 6) is 1.66. The van der Waals surface area contributed by atoms with Crippen molar-refractivity contribution in [2.24, 2.45) is 17.3 Å². The molecule has 1 nitrogen and oxygen atoms in total. The molecular weight excluding hydrogens is 172 g/mol. The average Bonchev–Trinajstić information content (AvgIpc) is 2.39. The Morgan fingerprint density at radius 2 is 2.07 bits per heavy atom. The Labute approximate surface area is 88.2 Å². The Bertz CT molecular complexity index is 205. The predicted octanol–water partition coefficient (Wildman–Crippen LogP) is 3.39. The summed E-state index contributed by atoms with van der Waals surface area (Å²) in [5.41, 5.74) is 1.47. The van der Waals surface area contributed by atoms with Gasteiger partial charge in [0.15, 0.2) is 0 Å². The lowest BCUT2D eigenvalue weighted by atomic mass is 9.74. The molecule has 0 aromatic rings. The van der Waals surface area contributed by atoms with Crippen LogP contribution in [0.25, 0.3) is 0 Å². The van der Waals surface area contributed by atoms with Crippen molar-refractivity contribution in [3.8, 4) is 0 Å². The molecule has 1 aliphatic rings. The zero-order valence-electron chi connectivity index (χ0n) is 9.84. The third kappa shape index (κ3) is 2.38. The van der Waals surface area contributed by atoms with E-state index in [0.29, 0.717) is 5.41 Å². The van der Waals surface area contributed by atoms with Gasteiger partial charge in [0.2, 0.25) is 0 Å². The van der Waals surface area contributed by atoms with E-state index in [4.69, 9.17) is 5.11 Å². The number of aliphatic hydroxyl groups is 1. The second-order valence-corrected chi connectivity index (χ2v) is 5.44. The van der Waals surface area contributed by atoms with Crippen molar-refractivity contribution in [3.05, 3.63) is 12.2 Å². The molecule has 0 aromatic heterocycles. The Balaban J connectivity index is 2.42. The van der Waals surface area contributed by atoms with Crippen molar-refractivity contribution in [2.75, 3.05) is 6.61 Å². The van der Waals surface area contributed by atoms with E-state index in [1.54, 1.807) is 0 Å². The van der Waals surface area contributed by atoms with Crippen molar-refractivity contribution in [1.82, 2.24) is 0 Å². The highest BCUT2D eigenvalue weighted by Crippen LogP contribution is 2.49. The van der Waals surface area contributed by atoms with E-state index in [0.717, 1.165) is 23.8 Å². The molecule has 0 spiro atoms. The van der Waals surface area contributed by atoms with Crippen LogP contribution in [0.5, 0.6) is 0 Å². The summed E-state index contributed by atoms with van der Waals surface area (Å²) in [7, 11) is 0. The number of hydrogen-bond acceptors (Lipinski definition) is 1. The van der Waals surface area contributed by atoms with Gasteiger partial charge in [-0.25, -0.2) is 0 Å². The van der Waals surface area contributed by atoms with Crippen LogP contribution in [0.2, 0.25) is 0 Å². The lowest BCUT2D eigenvalue weighted by Crippen LogP contribution is -2.23. The Hall–Kier alpha value is -0.300. The van der Waals surface area contributed by atoms with E-state index in [9.17, 15) is 0 Å². The standard InChI is InChI=1S/C13H24O/c1-10(9-14)5-7-12-8-6-11(2)13(12,3)4/h11-12,14H,1,5-9H2,2-4H3. The summed E-state index contributed by atoms with van der Waals surface area (Å²) in [4.78, 5) is 0. The lowest BCUT2D eigenvalue weighted by Gasteiger charge is -2.31. The van der Waals surface area contributed by atoms with E-state index < -0.39 is 0 Å². The Morgan fingerprint density at radius 1 is 1.43 bits per heavy atom. The molecular formula is C13H24O. The summed E-state index contributed by atoms with van der Waals surface area (Å²) >= 11 is 0. The van der Waals surface area contributed by atoms with Gasteiger partial charge >= 0.3 is 0 Å². The van der Waals surface area contributed by atoms with Crippen molar-refractivity contribution >= 4 is 0 Å². The third-order valence-electron chi connectivity index (χ3n) is 4.34. The van der Waals surface area contributed by atoms with Gasteiger partial charge in [-0.3, -0.25) is 0 Å². The van der Waals surface area contributed by atoms with E-state index in [2.05, 4.69) is 27.4 Å². The van der Waals surface area contributed by atoms with Crippen LogP contribution >= 0.6 is 0 Å². The molecule has 2 unspecified atom stereocenters. The van der Waals surface area contributed by atoms with Crippen LogP contribution in [0.15, 0.2) is 12.2 Å². The van der Waals surface area contributed by atoms with Crippen LogP contribution in [0.1, 0.15) is 46.5 Å². The molecule has 0 aliphatic heterocycles. The van der Waals surface area contributed by atoms with Gasteiger partial charge in [-0.2, -0.15) is 0 Å². The lowest BCUT2D eigenvalue weighted by molar-refractivity contribution is 0.187.